The first-order chi connectivity index (χ1) is 12.5. The van der Waals surface area contributed by atoms with Crippen LogP contribution >= 0.6 is 22.9 Å². The number of thiophene rings is 1. The van der Waals surface area contributed by atoms with Gasteiger partial charge in [0.05, 0.1) is 11.1 Å². The molecule has 26 heavy (non-hydrogen) atoms. The second-order valence-electron chi connectivity index (χ2n) is 6.13. The Balaban J connectivity index is 1.65. The van der Waals surface area contributed by atoms with Crippen molar-refractivity contribution < 1.29 is 14.3 Å². The van der Waals surface area contributed by atoms with E-state index in [9.17, 15) is 14.9 Å². The largest absolute Gasteiger partial charge is 0.452 e. The summed E-state index contributed by atoms with van der Waals surface area (Å²) in [7, 11) is 0. The Morgan fingerprint density at radius 1 is 1.54 bits per heavy atom. The Kier molecular flexibility index (Phi) is 5.55. The van der Waals surface area contributed by atoms with Gasteiger partial charge in [-0.2, -0.15) is 5.26 Å². The molecule has 2 aromatic heterocycles. The minimum atomic E-state index is -0.724. The molecule has 0 saturated carbocycles. The third-order valence-electron chi connectivity index (χ3n) is 4.19. The van der Waals surface area contributed by atoms with Crippen LogP contribution in [0.15, 0.2) is 18.3 Å². The van der Waals surface area contributed by atoms with Crippen molar-refractivity contribution in [3.05, 3.63) is 45.1 Å². The van der Waals surface area contributed by atoms with Crippen LogP contribution in [0, 0.1) is 17.2 Å². The molecule has 0 fully saturated rings. The molecule has 134 valence electrons. The molecule has 0 aliphatic heterocycles. The van der Waals surface area contributed by atoms with E-state index in [-0.39, 0.29) is 10.7 Å². The number of hydrogen-bond acceptors (Lipinski definition) is 6. The number of nitriles is 1. The highest BCUT2D eigenvalue weighted by Crippen LogP contribution is 2.39. The van der Waals surface area contributed by atoms with Gasteiger partial charge >= 0.3 is 5.97 Å². The molecular weight excluding hydrogens is 374 g/mol. The molecule has 1 atom stereocenters. The molecule has 0 radical (unpaired) electrons. The zero-order valence-electron chi connectivity index (χ0n) is 14.0. The van der Waals surface area contributed by atoms with Crippen molar-refractivity contribution in [2.45, 2.75) is 26.2 Å². The molecule has 2 aromatic rings. The minimum absolute atomic E-state index is 0.0183. The number of pyridine rings is 1. The van der Waals surface area contributed by atoms with Crippen molar-refractivity contribution in [2.24, 2.45) is 5.92 Å². The van der Waals surface area contributed by atoms with Gasteiger partial charge < -0.3 is 10.1 Å². The number of esters is 1. The van der Waals surface area contributed by atoms with Gasteiger partial charge in [0.25, 0.3) is 5.91 Å². The highest BCUT2D eigenvalue weighted by atomic mass is 35.5. The second kappa shape index (κ2) is 7.85. The first-order valence-corrected chi connectivity index (χ1v) is 9.31. The number of nitrogens with zero attached hydrogens (tertiary/aromatic N) is 2. The van der Waals surface area contributed by atoms with Gasteiger partial charge in [0, 0.05) is 11.1 Å². The van der Waals surface area contributed by atoms with E-state index in [4.69, 9.17) is 16.3 Å². The first-order valence-electron chi connectivity index (χ1n) is 8.11. The fourth-order valence-corrected chi connectivity index (χ4v) is 4.44. The lowest BCUT2D eigenvalue weighted by molar-refractivity contribution is -0.119. The fourth-order valence-electron chi connectivity index (χ4n) is 2.87. The number of carbonyl (C=O) groups excluding carboxylic acids is 2. The summed E-state index contributed by atoms with van der Waals surface area (Å²) in [5.41, 5.74) is 1.65. The summed E-state index contributed by atoms with van der Waals surface area (Å²) < 4.78 is 4.98. The molecule has 8 heteroatoms. The van der Waals surface area contributed by atoms with Crippen LogP contribution in [0.5, 0.6) is 0 Å². The maximum absolute atomic E-state index is 12.1. The SMILES string of the molecule is C[C@@H]1CCc2c(sc(NC(=O)COC(=O)c3cccnc3Cl)c2C#N)C1. The maximum atomic E-state index is 12.1. The number of aromatic nitrogens is 1. The van der Waals surface area contributed by atoms with Gasteiger partial charge in [0.15, 0.2) is 6.61 Å². The van der Waals surface area contributed by atoms with Crippen LogP contribution in [-0.4, -0.2) is 23.5 Å². The van der Waals surface area contributed by atoms with Crippen molar-refractivity contribution >= 4 is 39.8 Å². The molecule has 0 saturated heterocycles. The number of anilines is 1. The minimum Gasteiger partial charge on any atom is -0.452 e. The Morgan fingerprint density at radius 2 is 2.35 bits per heavy atom. The zero-order chi connectivity index (χ0) is 18.7. The van der Waals surface area contributed by atoms with Crippen molar-refractivity contribution in [3.63, 3.8) is 0 Å². The molecule has 0 bridgehead atoms. The third kappa shape index (κ3) is 3.87. The van der Waals surface area contributed by atoms with E-state index in [0.29, 0.717) is 16.5 Å². The van der Waals surface area contributed by atoms with Crippen LogP contribution in [0.3, 0.4) is 0 Å². The molecule has 0 spiro atoms. The van der Waals surface area contributed by atoms with Crippen molar-refractivity contribution in [3.8, 4) is 6.07 Å². The Morgan fingerprint density at radius 3 is 3.08 bits per heavy atom. The van der Waals surface area contributed by atoms with Crippen LogP contribution in [0.1, 0.15) is 39.7 Å². The molecule has 1 N–H and O–H groups in total. The van der Waals surface area contributed by atoms with Gasteiger partial charge in [-0.3, -0.25) is 4.79 Å². The first kappa shape index (κ1) is 18.4. The number of rotatable bonds is 4. The summed E-state index contributed by atoms with van der Waals surface area (Å²) in [4.78, 5) is 29.0. The summed E-state index contributed by atoms with van der Waals surface area (Å²) in [6.07, 6.45) is 4.25. The summed E-state index contributed by atoms with van der Waals surface area (Å²) in [6.45, 7) is 1.71. The molecule has 1 aliphatic rings. The predicted molar refractivity (Wildman–Crippen MR) is 98.4 cm³/mol. The van der Waals surface area contributed by atoms with E-state index in [1.165, 1.54) is 23.6 Å². The van der Waals surface area contributed by atoms with Crippen molar-refractivity contribution in [1.82, 2.24) is 4.98 Å². The van der Waals surface area contributed by atoms with Crippen molar-refractivity contribution in [2.75, 3.05) is 11.9 Å². The monoisotopic (exact) mass is 389 g/mol. The average molecular weight is 390 g/mol. The zero-order valence-corrected chi connectivity index (χ0v) is 15.6. The smallest absolute Gasteiger partial charge is 0.341 e. The highest BCUT2D eigenvalue weighted by Gasteiger charge is 2.25. The summed E-state index contributed by atoms with van der Waals surface area (Å²) in [5, 5.41) is 12.7. The van der Waals surface area contributed by atoms with Gasteiger partial charge in [0.2, 0.25) is 0 Å². The number of amides is 1. The van der Waals surface area contributed by atoms with Crippen molar-refractivity contribution in [1.29, 1.82) is 5.26 Å². The maximum Gasteiger partial charge on any atom is 0.341 e. The number of fused-ring (bicyclic) bond motifs is 1. The van der Waals surface area contributed by atoms with Crippen LogP contribution < -0.4 is 5.32 Å². The van der Waals surface area contributed by atoms with Gasteiger partial charge in [-0.1, -0.05) is 18.5 Å². The number of carbonyl (C=O) groups is 2. The van der Waals surface area contributed by atoms with Crippen LogP contribution in [0.4, 0.5) is 5.00 Å². The number of ether oxygens (including phenoxy) is 1. The molecule has 6 nitrogen and oxygen atoms in total. The van der Waals surface area contributed by atoms with Crippen LogP contribution in [0.25, 0.3) is 0 Å². The van der Waals surface area contributed by atoms with Gasteiger partial charge in [-0.15, -0.1) is 11.3 Å². The van der Waals surface area contributed by atoms with E-state index in [1.807, 2.05) is 0 Å². The van der Waals surface area contributed by atoms with Gasteiger partial charge in [-0.25, -0.2) is 9.78 Å². The van der Waals surface area contributed by atoms with E-state index in [0.717, 1.165) is 29.7 Å². The number of nitrogens with one attached hydrogen (secondary N) is 1. The lowest BCUT2D eigenvalue weighted by Gasteiger charge is -2.17. The molecular formula is C18H16ClN3O3S. The summed E-state index contributed by atoms with van der Waals surface area (Å²) in [6, 6.07) is 5.21. The molecule has 3 rings (SSSR count). The number of hydrogen-bond donors (Lipinski definition) is 1. The van der Waals surface area contributed by atoms with Gasteiger partial charge in [-0.05, 0) is 42.9 Å². The fraction of sp³-hybridized carbons (Fsp3) is 0.333. The van der Waals surface area contributed by atoms with Gasteiger partial charge in [0.1, 0.15) is 16.2 Å². The quantitative estimate of drug-likeness (QED) is 0.637. The predicted octanol–water partition coefficient (Wildman–Crippen LogP) is 3.59. The number of halogens is 1. The third-order valence-corrected chi connectivity index (χ3v) is 5.66. The second-order valence-corrected chi connectivity index (χ2v) is 7.60. The summed E-state index contributed by atoms with van der Waals surface area (Å²) >= 11 is 7.25. The Bertz CT molecular complexity index is 904. The van der Waals surface area contributed by atoms with E-state index in [2.05, 4.69) is 23.3 Å². The molecule has 2 heterocycles. The van der Waals surface area contributed by atoms with Crippen LogP contribution in [0.2, 0.25) is 5.15 Å². The standard InChI is InChI=1S/C18H16ClN3O3S/c1-10-4-5-11-13(8-20)17(26-14(11)7-10)22-15(23)9-25-18(24)12-3-2-6-21-16(12)19/h2-3,6,10H,4-5,7,9H2,1H3,(H,22,23)/t10-/m1/s1. The average Bonchev–Trinajstić information content (AvgIpc) is 2.95. The summed E-state index contributed by atoms with van der Waals surface area (Å²) in [5.74, 6) is -0.652. The molecule has 0 aromatic carbocycles. The molecule has 0 unspecified atom stereocenters. The normalized spacial score (nSPS) is 15.7. The molecule has 1 aliphatic carbocycles. The van der Waals surface area contributed by atoms with E-state index < -0.39 is 18.5 Å². The highest BCUT2D eigenvalue weighted by molar-refractivity contribution is 7.16. The lowest BCUT2D eigenvalue weighted by atomic mass is 9.89. The topological polar surface area (TPSA) is 92.1 Å². The van der Waals surface area contributed by atoms with E-state index >= 15 is 0 Å². The molecule has 1 amide bonds. The Hall–Kier alpha value is -2.43. The lowest BCUT2D eigenvalue weighted by Crippen LogP contribution is -2.21. The van der Waals surface area contributed by atoms with E-state index in [1.54, 1.807) is 6.07 Å². The van der Waals surface area contributed by atoms with Crippen LogP contribution in [-0.2, 0) is 22.4 Å². The Labute approximate surface area is 159 Å².